The number of esters is 1. The number of fused-ring (bicyclic) bond motifs is 1. The number of halogens is 1. The minimum Gasteiger partial charge on any atom is -0.464 e. The molecule has 2 aromatic rings. The first kappa shape index (κ1) is 14.7. The molecule has 106 valence electrons. The lowest BCUT2D eigenvalue weighted by molar-refractivity contribution is -0.144. The van der Waals surface area contributed by atoms with Crippen LogP contribution in [0.15, 0.2) is 22.8 Å². The molecule has 0 saturated carbocycles. The van der Waals surface area contributed by atoms with Gasteiger partial charge >= 0.3 is 5.97 Å². The molecular formula is C14H15BrN2O3. The number of rotatable bonds is 6. The first-order chi connectivity index (χ1) is 9.65. The van der Waals surface area contributed by atoms with Crippen LogP contribution in [0.25, 0.3) is 10.9 Å². The molecule has 0 aliphatic heterocycles. The Morgan fingerprint density at radius 3 is 3.00 bits per heavy atom. The van der Waals surface area contributed by atoms with Crippen molar-refractivity contribution in [1.29, 1.82) is 0 Å². The molecule has 20 heavy (non-hydrogen) atoms. The van der Waals surface area contributed by atoms with Crippen LogP contribution in [0.5, 0.6) is 0 Å². The zero-order valence-electron chi connectivity index (χ0n) is 11.1. The largest absolute Gasteiger partial charge is 0.464 e. The van der Waals surface area contributed by atoms with E-state index in [2.05, 4.69) is 21.0 Å². The molecular weight excluding hydrogens is 324 g/mol. The van der Waals surface area contributed by atoms with Crippen LogP contribution in [0.2, 0.25) is 0 Å². The molecule has 0 spiro atoms. The molecule has 1 heterocycles. The van der Waals surface area contributed by atoms with Crippen molar-refractivity contribution in [2.24, 2.45) is 0 Å². The van der Waals surface area contributed by atoms with Gasteiger partial charge in [0.1, 0.15) is 17.4 Å². The Hall–Kier alpha value is -1.69. The normalized spacial score (nSPS) is 10.7. The van der Waals surface area contributed by atoms with Crippen molar-refractivity contribution in [3.8, 4) is 0 Å². The Morgan fingerprint density at radius 2 is 2.30 bits per heavy atom. The lowest BCUT2D eigenvalue weighted by Gasteiger charge is -2.05. The number of aldehydes is 1. The highest BCUT2D eigenvalue weighted by molar-refractivity contribution is 9.10. The van der Waals surface area contributed by atoms with Gasteiger partial charge in [0, 0.05) is 10.9 Å². The number of hydrogen-bond donors (Lipinski definition) is 0. The number of ether oxygens (including phenoxy) is 1. The van der Waals surface area contributed by atoms with Crippen molar-refractivity contribution in [2.75, 3.05) is 6.61 Å². The highest BCUT2D eigenvalue weighted by Crippen LogP contribution is 2.24. The molecule has 1 aromatic heterocycles. The van der Waals surface area contributed by atoms with E-state index in [-0.39, 0.29) is 12.5 Å². The van der Waals surface area contributed by atoms with Crippen LogP contribution < -0.4 is 0 Å². The van der Waals surface area contributed by atoms with Gasteiger partial charge in [0.05, 0.1) is 12.1 Å². The summed E-state index contributed by atoms with van der Waals surface area (Å²) in [4.78, 5) is 22.5. The second kappa shape index (κ2) is 6.65. The maximum atomic E-state index is 11.7. The van der Waals surface area contributed by atoms with E-state index in [0.29, 0.717) is 16.8 Å². The fourth-order valence-corrected chi connectivity index (χ4v) is 2.36. The Balaban J connectivity index is 2.18. The lowest BCUT2D eigenvalue weighted by atomic mass is 10.2. The molecule has 0 unspecified atom stereocenters. The summed E-state index contributed by atoms with van der Waals surface area (Å²) < 4.78 is 7.30. The van der Waals surface area contributed by atoms with Crippen molar-refractivity contribution < 1.29 is 14.3 Å². The van der Waals surface area contributed by atoms with E-state index in [1.165, 1.54) is 0 Å². The second-order valence-corrected chi connectivity index (χ2v) is 5.17. The average molecular weight is 339 g/mol. The number of unbranched alkanes of at least 4 members (excludes halogenated alkanes) is 1. The summed E-state index contributed by atoms with van der Waals surface area (Å²) >= 11 is 3.33. The van der Waals surface area contributed by atoms with Crippen LogP contribution in [0.3, 0.4) is 0 Å². The van der Waals surface area contributed by atoms with Gasteiger partial charge in [-0.1, -0.05) is 13.3 Å². The van der Waals surface area contributed by atoms with Crippen LogP contribution in [0.4, 0.5) is 0 Å². The number of nitrogens with zero attached hydrogens (tertiary/aromatic N) is 2. The molecule has 1 aromatic carbocycles. The van der Waals surface area contributed by atoms with Crippen molar-refractivity contribution in [2.45, 2.75) is 26.3 Å². The molecule has 6 heteroatoms. The standard InChI is InChI=1S/C14H15BrN2O3/c1-2-3-6-20-13(19)8-17-12-5-4-10(9-18)7-11(12)14(15)16-17/h4-5,7,9H,2-3,6,8H2,1H3. The number of benzene rings is 1. The summed E-state index contributed by atoms with van der Waals surface area (Å²) in [6.45, 7) is 2.54. The minimum atomic E-state index is -0.310. The topological polar surface area (TPSA) is 61.2 Å². The Labute approximate surface area is 125 Å². The van der Waals surface area contributed by atoms with Gasteiger partial charge in [-0.3, -0.25) is 14.3 Å². The van der Waals surface area contributed by atoms with Gasteiger partial charge in [0.15, 0.2) is 0 Å². The third-order valence-corrected chi connectivity index (χ3v) is 3.49. The molecule has 0 saturated heterocycles. The number of carbonyl (C=O) groups is 2. The molecule has 0 amide bonds. The summed E-state index contributed by atoms with van der Waals surface area (Å²) in [5, 5.41) is 5.05. The number of carbonyl (C=O) groups excluding carboxylic acids is 2. The van der Waals surface area contributed by atoms with E-state index in [9.17, 15) is 9.59 Å². The van der Waals surface area contributed by atoms with Crippen LogP contribution in [-0.4, -0.2) is 28.6 Å². The summed E-state index contributed by atoms with van der Waals surface area (Å²) in [6, 6.07) is 5.21. The van der Waals surface area contributed by atoms with Crippen LogP contribution >= 0.6 is 15.9 Å². The fraction of sp³-hybridized carbons (Fsp3) is 0.357. The molecule has 0 aliphatic rings. The second-order valence-electron chi connectivity index (χ2n) is 4.42. The van der Waals surface area contributed by atoms with Crippen LogP contribution in [-0.2, 0) is 16.1 Å². The summed E-state index contributed by atoms with van der Waals surface area (Å²) in [6.07, 6.45) is 2.62. The maximum absolute atomic E-state index is 11.7. The zero-order chi connectivity index (χ0) is 14.5. The van der Waals surface area contributed by atoms with Gasteiger partial charge in [0.25, 0.3) is 0 Å². The molecule has 2 rings (SSSR count). The van der Waals surface area contributed by atoms with Gasteiger partial charge in [-0.15, -0.1) is 0 Å². The molecule has 0 radical (unpaired) electrons. The SMILES string of the molecule is CCCCOC(=O)Cn1nc(Br)c2cc(C=O)ccc21. The van der Waals surface area contributed by atoms with Crippen molar-refractivity contribution in [3.63, 3.8) is 0 Å². The van der Waals surface area contributed by atoms with E-state index in [4.69, 9.17) is 4.74 Å². The van der Waals surface area contributed by atoms with E-state index < -0.39 is 0 Å². The number of aromatic nitrogens is 2. The number of hydrogen-bond acceptors (Lipinski definition) is 4. The third kappa shape index (κ3) is 3.25. The smallest absolute Gasteiger partial charge is 0.327 e. The van der Waals surface area contributed by atoms with Crippen LogP contribution in [0.1, 0.15) is 30.1 Å². The summed E-state index contributed by atoms with van der Waals surface area (Å²) in [5.41, 5.74) is 1.36. The van der Waals surface area contributed by atoms with Gasteiger partial charge in [-0.05, 0) is 40.5 Å². The van der Waals surface area contributed by atoms with Crippen LogP contribution in [0, 0.1) is 0 Å². The predicted octanol–water partition coefficient (Wildman–Crippen LogP) is 2.95. The fourth-order valence-electron chi connectivity index (χ4n) is 1.85. The summed E-state index contributed by atoms with van der Waals surface area (Å²) in [7, 11) is 0. The molecule has 0 bridgehead atoms. The predicted molar refractivity (Wildman–Crippen MR) is 78.7 cm³/mol. The molecule has 0 atom stereocenters. The first-order valence-corrected chi connectivity index (χ1v) is 7.22. The Morgan fingerprint density at radius 1 is 1.50 bits per heavy atom. The Kier molecular flexibility index (Phi) is 4.89. The maximum Gasteiger partial charge on any atom is 0.327 e. The highest BCUT2D eigenvalue weighted by Gasteiger charge is 2.12. The average Bonchev–Trinajstić information content (AvgIpc) is 2.75. The van der Waals surface area contributed by atoms with E-state index >= 15 is 0 Å². The van der Waals surface area contributed by atoms with Crippen molar-refractivity contribution in [3.05, 3.63) is 28.4 Å². The molecule has 5 nitrogen and oxygen atoms in total. The van der Waals surface area contributed by atoms with E-state index in [1.807, 2.05) is 6.92 Å². The van der Waals surface area contributed by atoms with Gasteiger partial charge in [-0.25, -0.2) is 0 Å². The van der Waals surface area contributed by atoms with E-state index in [0.717, 1.165) is 30.0 Å². The lowest BCUT2D eigenvalue weighted by Crippen LogP contribution is -2.15. The molecule has 0 fully saturated rings. The highest BCUT2D eigenvalue weighted by atomic mass is 79.9. The van der Waals surface area contributed by atoms with E-state index in [1.54, 1.807) is 22.9 Å². The quantitative estimate of drug-likeness (QED) is 0.461. The Bertz CT molecular complexity index is 637. The minimum absolute atomic E-state index is 0.0618. The summed E-state index contributed by atoms with van der Waals surface area (Å²) in [5.74, 6) is -0.310. The molecule has 0 N–H and O–H groups in total. The third-order valence-electron chi connectivity index (χ3n) is 2.91. The monoisotopic (exact) mass is 338 g/mol. The van der Waals surface area contributed by atoms with Gasteiger partial charge in [-0.2, -0.15) is 5.10 Å². The van der Waals surface area contributed by atoms with Crippen molar-refractivity contribution >= 4 is 39.1 Å². The zero-order valence-corrected chi connectivity index (χ0v) is 12.7. The molecule has 0 aliphatic carbocycles. The van der Waals surface area contributed by atoms with Gasteiger partial charge in [0.2, 0.25) is 0 Å². The first-order valence-electron chi connectivity index (χ1n) is 6.42. The van der Waals surface area contributed by atoms with Gasteiger partial charge < -0.3 is 4.74 Å². The van der Waals surface area contributed by atoms with Crippen molar-refractivity contribution in [1.82, 2.24) is 9.78 Å².